The number of fused-ring (bicyclic) bond motifs is 1. The van der Waals surface area contributed by atoms with Crippen LogP contribution < -0.4 is 5.32 Å². The van der Waals surface area contributed by atoms with Gasteiger partial charge in [-0.25, -0.2) is 4.39 Å². The van der Waals surface area contributed by atoms with E-state index in [4.69, 9.17) is 0 Å². The molecular weight excluding hydrogens is 265 g/mol. The second-order valence-electron chi connectivity index (χ2n) is 5.48. The molecule has 1 amide bonds. The average molecular weight is 283 g/mol. The van der Waals surface area contributed by atoms with Crippen LogP contribution in [0, 0.1) is 5.82 Å². The Morgan fingerprint density at radius 3 is 2.76 bits per heavy atom. The van der Waals surface area contributed by atoms with Gasteiger partial charge in [0.15, 0.2) is 0 Å². The number of aryl methyl sites for hydroxylation is 1. The van der Waals surface area contributed by atoms with Crippen molar-refractivity contribution in [2.24, 2.45) is 0 Å². The van der Waals surface area contributed by atoms with Crippen molar-refractivity contribution < 1.29 is 9.18 Å². The van der Waals surface area contributed by atoms with Gasteiger partial charge in [0.05, 0.1) is 5.56 Å². The minimum atomic E-state index is -0.473. The van der Waals surface area contributed by atoms with Crippen LogP contribution in [0.3, 0.4) is 0 Å². The summed E-state index contributed by atoms with van der Waals surface area (Å²) in [4.78, 5) is 12.1. The predicted octanol–water partition coefficient (Wildman–Crippen LogP) is 3.68. The number of rotatable bonds is 3. The van der Waals surface area contributed by atoms with Crippen molar-refractivity contribution >= 4 is 5.91 Å². The molecule has 0 aromatic heterocycles. The normalized spacial score (nSPS) is 17.1. The molecule has 1 aliphatic rings. The van der Waals surface area contributed by atoms with Crippen LogP contribution in [0.1, 0.15) is 40.2 Å². The summed E-state index contributed by atoms with van der Waals surface area (Å²) in [7, 11) is 0. The zero-order valence-electron chi connectivity index (χ0n) is 11.8. The Kier molecular flexibility index (Phi) is 4.00. The third kappa shape index (κ3) is 2.97. The van der Waals surface area contributed by atoms with Crippen molar-refractivity contribution in [3.8, 4) is 0 Å². The summed E-state index contributed by atoms with van der Waals surface area (Å²) in [5.41, 5.74) is 2.80. The molecule has 0 aliphatic heterocycles. The van der Waals surface area contributed by atoms with Crippen LogP contribution in [-0.4, -0.2) is 12.5 Å². The van der Waals surface area contributed by atoms with Gasteiger partial charge in [0.25, 0.3) is 5.91 Å². The Bertz CT molecular complexity index is 653. The van der Waals surface area contributed by atoms with E-state index < -0.39 is 5.82 Å². The summed E-state index contributed by atoms with van der Waals surface area (Å²) in [5.74, 6) is -0.485. The number of amides is 1. The van der Waals surface area contributed by atoms with Gasteiger partial charge in [0, 0.05) is 12.5 Å². The quantitative estimate of drug-likeness (QED) is 0.914. The van der Waals surface area contributed by atoms with Gasteiger partial charge in [-0.1, -0.05) is 36.4 Å². The van der Waals surface area contributed by atoms with E-state index in [0.29, 0.717) is 12.5 Å². The molecule has 0 fully saturated rings. The minimum absolute atomic E-state index is 0.113. The Labute approximate surface area is 124 Å². The van der Waals surface area contributed by atoms with Crippen molar-refractivity contribution in [3.63, 3.8) is 0 Å². The molecule has 2 aromatic rings. The standard InChI is InChI=1S/C18H18FNO/c19-17-11-4-3-10-16(17)18(21)20-12-14-8-5-7-13-6-1-2-9-15(13)14/h1-4,6,9-11,14H,5,7-8,12H2,(H,20,21). The van der Waals surface area contributed by atoms with Gasteiger partial charge in [0.1, 0.15) is 5.82 Å². The second kappa shape index (κ2) is 6.08. The van der Waals surface area contributed by atoms with Crippen LogP contribution in [-0.2, 0) is 6.42 Å². The lowest BCUT2D eigenvalue weighted by Crippen LogP contribution is -2.30. The summed E-state index contributed by atoms with van der Waals surface area (Å²) in [6.07, 6.45) is 3.31. The summed E-state index contributed by atoms with van der Waals surface area (Å²) >= 11 is 0. The molecule has 108 valence electrons. The highest BCUT2D eigenvalue weighted by Gasteiger charge is 2.20. The zero-order valence-corrected chi connectivity index (χ0v) is 11.8. The van der Waals surface area contributed by atoms with E-state index in [1.54, 1.807) is 12.1 Å². The highest BCUT2D eigenvalue weighted by Crippen LogP contribution is 2.30. The van der Waals surface area contributed by atoms with E-state index in [1.807, 2.05) is 6.07 Å². The number of carbonyl (C=O) groups is 1. The first kappa shape index (κ1) is 13.8. The van der Waals surface area contributed by atoms with Gasteiger partial charge < -0.3 is 5.32 Å². The molecule has 0 heterocycles. The molecule has 1 unspecified atom stereocenters. The van der Waals surface area contributed by atoms with E-state index in [2.05, 4.69) is 23.5 Å². The number of hydrogen-bond acceptors (Lipinski definition) is 1. The number of nitrogens with one attached hydrogen (secondary N) is 1. The van der Waals surface area contributed by atoms with Crippen molar-refractivity contribution in [2.45, 2.75) is 25.2 Å². The van der Waals surface area contributed by atoms with Crippen LogP contribution in [0.5, 0.6) is 0 Å². The number of hydrogen-bond donors (Lipinski definition) is 1. The Morgan fingerprint density at radius 1 is 1.14 bits per heavy atom. The van der Waals surface area contributed by atoms with Crippen molar-refractivity contribution in [3.05, 3.63) is 71.0 Å². The number of halogens is 1. The molecule has 2 aromatic carbocycles. The van der Waals surface area contributed by atoms with Gasteiger partial charge in [-0.15, -0.1) is 0 Å². The first-order valence-corrected chi connectivity index (χ1v) is 7.36. The first-order valence-electron chi connectivity index (χ1n) is 7.36. The van der Waals surface area contributed by atoms with Gasteiger partial charge >= 0.3 is 0 Å². The van der Waals surface area contributed by atoms with Crippen molar-refractivity contribution in [1.82, 2.24) is 5.32 Å². The van der Waals surface area contributed by atoms with E-state index in [-0.39, 0.29) is 11.5 Å². The van der Waals surface area contributed by atoms with Gasteiger partial charge in [0.2, 0.25) is 0 Å². The largest absolute Gasteiger partial charge is 0.351 e. The van der Waals surface area contributed by atoms with Crippen LogP contribution in [0.2, 0.25) is 0 Å². The first-order chi connectivity index (χ1) is 10.3. The molecule has 21 heavy (non-hydrogen) atoms. The van der Waals surface area contributed by atoms with Crippen LogP contribution in [0.25, 0.3) is 0 Å². The van der Waals surface area contributed by atoms with Crippen molar-refractivity contribution in [1.29, 1.82) is 0 Å². The van der Waals surface area contributed by atoms with Crippen LogP contribution in [0.15, 0.2) is 48.5 Å². The van der Waals surface area contributed by atoms with E-state index in [0.717, 1.165) is 19.3 Å². The van der Waals surface area contributed by atoms with E-state index in [9.17, 15) is 9.18 Å². The molecule has 1 atom stereocenters. The highest BCUT2D eigenvalue weighted by molar-refractivity contribution is 5.94. The molecule has 3 heteroatoms. The summed E-state index contributed by atoms with van der Waals surface area (Å²) < 4.78 is 13.6. The maximum absolute atomic E-state index is 13.6. The topological polar surface area (TPSA) is 29.1 Å². The molecule has 0 saturated carbocycles. The van der Waals surface area contributed by atoms with Gasteiger partial charge in [-0.3, -0.25) is 4.79 Å². The summed E-state index contributed by atoms with van der Waals surface area (Å²) in [5, 5.41) is 2.87. The lowest BCUT2D eigenvalue weighted by atomic mass is 9.83. The Balaban J connectivity index is 1.69. The number of carbonyl (C=O) groups excluding carboxylic acids is 1. The van der Waals surface area contributed by atoms with Crippen LogP contribution >= 0.6 is 0 Å². The fourth-order valence-corrected chi connectivity index (χ4v) is 3.02. The third-order valence-electron chi connectivity index (χ3n) is 4.12. The van der Waals surface area contributed by atoms with Gasteiger partial charge in [-0.05, 0) is 42.5 Å². The van der Waals surface area contributed by atoms with Crippen LogP contribution in [0.4, 0.5) is 4.39 Å². The SMILES string of the molecule is O=C(NCC1CCCc2ccccc21)c1ccccc1F. The van der Waals surface area contributed by atoms with E-state index >= 15 is 0 Å². The van der Waals surface area contributed by atoms with E-state index in [1.165, 1.54) is 23.3 Å². The maximum atomic E-state index is 13.6. The third-order valence-corrected chi connectivity index (χ3v) is 4.12. The Hall–Kier alpha value is -2.16. The molecule has 0 radical (unpaired) electrons. The molecule has 3 rings (SSSR count). The fourth-order valence-electron chi connectivity index (χ4n) is 3.02. The minimum Gasteiger partial charge on any atom is -0.351 e. The fraction of sp³-hybridized carbons (Fsp3) is 0.278. The molecule has 1 N–H and O–H groups in total. The molecule has 2 nitrogen and oxygen atoms in total. The molecule has 1 aliphatic carbocycles. The monoisotopic (exact) mass is 283 g/mol. The second-order valence-corrected chi connectivity index (χ2v) is 5.48. The molecule has 0 bridgehead atoms. The molecular formula is C18H18FNO. The average Bonchev–Trinajstić information content (AvgIpc) is 2.53. The lowest BCUT2D eigenvalue weighted by Gasteiger charge is -2.25. The predicted molar refractivity (Wildman–Crippen MR) is 80.9 cm³/mol. The van der Waals surface area contributed by atoms with Gasteiger partial charge in [-0.2, -0.15) is 0 Å². The maximum Gasteiger partial charge on any atom is 0.254 e. The smallest absolute Gasteiger partial charge is 0.254 e. The number of benzene rings is 2. The summed E-state index contributed by atoms with van der Waals surface area (Å²) in [6.45, 7) is 0.560. The Morgan fingerprint density at radius 2 is 1.90 bits per heavy atom. The molecule has 0 saturated heterocycles. The van der Waals surface area contributed by atoms with Crippen molar-refractivity contribution in [2.75, 3.05) is 6.54 Å². The zero-order chi connectivity index (χ0) is 14.7. The lowest BCUT2D eigenvalue weighted by molar-refractivity contribution is 0.0946. The summed E-state index contributed by atoms with van der Waals surface area (Å²) in [6, 6.07) is 14.5. The molecule has 0 spiro atoms. The highest BCUT2D eigenvalue weighted by atomic mass is 19.1.